The molecule has 118 valence electrons. The van der Waals surface area contributed by atoms with E-state index in [9.17, 15) is 8.42 Å². The second kappa shape index (κ2) is 6.64. The number of nitrogens with two attached hydrogens (primary N) is 1. The monoisotopic (exact) mass is 313 g/mol. The molecule has 1 unspecified atom stereocenters. The molecule has 0 spiro atoms. The Morgan fingerprint density at radius 2 is 2.00 bits per heavy atom. The summed E-state index contributed by atoms with van der Waals surface area (Å²) in [6.07, 6.45) is 2.06. The summed E-state index contributed by atoms with van der Waals surface area (Å²) in [5.74, 6) is 0.541. The molecule has 1 atom stereocenters. The molecule has 0 aliphatic carbocycles. The average Bonchev–Trinajstić information content (AvgIpc) is 2.50. The molecule has 0 saturated carbocycles. The Morgan fingerprint density at radius 3 is 2.57 bits per heavy atom. The van der Waals surface area contributed by atoms with Crippen LogP contribution in [0.4, 0.5) is 11.4 Å². The normalized spacial score (nSPS) is 18.4. The molecule has 1 aromatic rings. The number of hydrogen-bond acceptors (Lipinski definition) is 5. The molecule has 6 nitrogen and oxygen atoms in total. The highest BCUT2D eigenvalue weighted by molar-refractivity contribution is 7.89. The van der Waals surface area contributed by atoms with Gasteiger partial charge in [-0.05, 0) is 50.9 Å². The van der Waals surface area contributed by atoms with Crippen LogP contribution in [-0.4, -0.2) is 34.7 Å². The van der Waals surface area contributed by atoms with Crippen molar-refractivity contribution in [2.45, 2.75) is 30.7 Å². The van der Waals surface area contributed by atoms with Gasteiger partial charge in [0.05, 0.1) is 16.3 Å². The van der Waals surface area contributed by atoms with Crippen LogP contribution in [0.3, 0.4) is 0 Å². The number of sulfonamides is 1. The Hall–Kier alpha value is -1.31. The fourth-order valence-electron chi connectivity index (χ4n) is 2.54. The Bertz CT molecular complexity index is 583. The highest BCUT2D eigenvalue weighted by Gasteiger charge is 2.21. The van der Waals surface area contributed by atoms with E-state index >= 15 is 0 Å². The SMILES string of the molecule is CNS(=O)(=O)c1ccc(NC(C)C2CCOCC2)c(N)c1. The summed E-state index contributed by atoms with van der Waals surface area (Å²) in [5, 5.41) is 3.38. The van der Waals surface area contributed by atoms with Gasteiger partial charge in [-0.2, -0.15) is 0 Å². The first kappa shape index (κ1) is 16.1. The second-order valence-corrected chi connectivity index (χ2v) is 7.23. The van der Waals surface area contributed by atoms with E-state index in [1.54, 1.807) is 12.1 Å². The number of rotatable bonds is 5. The predicted octanol–water partition coefficient (Wildman–Crippen LogP) is 1.40. The van der Waals surface area contributed by atoms with Gasteiger partial charge in [-0.3, -0.25) is 0 Å². The first-order valence-electron chi connectivity index (χ1n) is 7.11. The summed E-state index contributed by atoms with van der Waals surface area (Å²) in [6, 6.07) is 5.02. The number of nitrogen functional groups attached to an aromatic ring is 1. The minimum Gasteiger partial charge on any atom is -0.397 e. The maximum absolute atomic E-state index is 11.7. The van der Waals surface area contributed by atoms with Gasteiger partial charge in [-0.1, -0.05) is 0 Å². The second-order valence-electron chi connectivity index (χ2n) is 5.34. The quantitative estimate of drug-likeness (QED) is 0.715. The summed E-state index contributed by atoms with van der Waals surface area (Å²) < 4.78 is 31.1. The van der Waals surface area contributed by atoms with Crippen LogP contribution >= 0.6 is 0 Å². The number of hydrogen-bond donors (Lipinski definition) is 3. The van der Waals surface area contributed by atoms with Crippen molar-refractivity contribution in [1.82, 2.24) is 4.72 Å². The van der Waals surface area contributed by atoms with Crippen molar-refractivity contribution >= 4 is 21.4 Å². The topological polar surface area (TPSA) is 93.5 Å². The maximum atomic E-state index is 11.7. The van der Waals surface area contributed by atoms with E-state index in [1.165, 1.54) is 13.1 Å². The molecule has 0 bridgehead atoms. The molecule has 0 aromatic heterocycles. The van der Waals surface area contributed by atoms with Gasteiger partial charge in [0.2, 0.25) is 10.0 Å². The minimum atomic E-state index is -3.46. The predicted molar refractivity (Wildman–Crippen MR) is 83.7 cm³/mol. The van der Waals surface area contributed by atoms with Crippen LogP contribution < -0.4 is 15.8 Å². The third-order valence-electron chi connectivity index (χ3n) is 3.96. The molecule has 4 N–H and O–H groups in total. The third-order valence-corrected chi connectivity index (χ3v) is 5.37. The standard InChI is InChI=1S/C14H23N3O3S/c1-10(11-5-7-20-8-6-11)17-14-4-3-12(9-13(14)15)21(18,19)16-2/h3-4,9-11,16-17H,5-8,15H2,1-2H3. The fraction of sp³-hybridized carbons (Fsp3) is 0.571. The molecule has 1 aliphatic heterocycles. The molecular formula is C14H23N3O3S. The van der Waals surface area contributed by atoms with Gasteiger partial charge in [0.1, 0.15) is 0 Å². The van der Waals surface area contributed by atoms with E-state index in [4.69, 9.17) is 10.5 Å². The molecule has 7 heteroatoms. The Labute approximate surface area is 126 Å². The van der Waals surface area contributed by atoms with Crippen molar-refractivity contribution in [2.24, 2.45) is 5.92 Å². The Kier molecular flexibility index (Phi) is 5.08. The largest absolute Gasteiger partial charge is 0.397 e. The van der Waals surface area contributed by atoms with E-state index in [0.29, 0.717) is 11.6 Å². The number of nitrogens with one attached hydrogen (secondary N) is 2. The van der Waals surface area contributed by atoms with Gasteiger partial charge in [-0.15, -0.1) is 0 Å². The van der Waals surface area contributed by atoms with Gasteiger partial charge < -0.3 is 15.8 Å². The molecule has 2 rings (SSSR count). The lowest BCUT2D eigenvalue weighted by Crippen LogP contribution is -2.31. The van der Waals surface area contributed by atoms with Crippen molar-refractivity contribution in [3.63, 3.8) is 0 Å². The van der Waals surface area contributed by atoms with Crippen LogP contribution in [0.5, 0.6) is 0 Å². The van der Waals surface area contributed by atoms with E-state index in [0.717, 1.165) is 31.7 Å². The van der Waals surface area contributed by atoms with E-state index in [2.05, 4.69) is 17.0 Å². The van der Waals surface area contributed by atoms with Crippen LogP contribution in [-0.2, 0) is 14.8 Å². The lowest BCUT2D eigenvalue weighted by molar-refractivity contribution is 0.0622. The highest BCUT2D eigenvalue weighted by atomic mass is 32.2. The smallest absolute Gasteiger partial charge is 0.240 e. The Balaban J connectivity index is 2.10. The minimum absolute atomic E-state index is 0.173. The lowest BCUT2D eigenvalue weighted by Gasteiger charge is -2.29. The highest BCUT2D eigenvalue weighted by Crippen LogP contribution is 2.26. The first-order chi connectivity index (χ1) is 9.94. The van der Waals surface area contributed by atoms with Crippen LogP contribution in [0.2, 0.25) is 0 Å². The van der Waals surface area contributed by atoms with Crippen LogP contribution in [0.1, 0.15) is 19.8 Å². The molecule has 0 radical (unpaired) electrons. The molecular weight excluding hydrogens is 290 g/mol. The van der Waals surface area contributed by atoms with Crippen LogP contribution in [0, 0.1) is 5.92 Å². The molecule has 1 heterocycles. The van der Waals surface area contributed by atoms with Gasteiger partial charge in [0, 0.05) is 19.3 Å². The van der Waals surface area contributed by atoms with E-state index < -0.39 is 10.0 Å². The summed E-state index contributed by atoms with van der Waals surface area (Å²) in [4.78, 5) is 0.173. The molecule has 0 amide bonds. The maximum Gasteiger partial charge on any atom is 0.240 e. The molecule has 1 aliphatic rings. The van der Waals surface area contributed by atoms with Gasteiger partial charge >= 0.3 is 0 Å². The average molecular weight is 313 g/mol. The van der Waals surface area contributed by atoms with Crippen LogP contribution in [0.15, 0.2) is 23.1 Å². The van der Waals surface area contributed by atoms with Crippen molar-refractivity contribution in [2.75, 3.05) is 31.3 Å². The molecule has 1 fully saturated rings. The van der Waals surface area contributed by atoms with E-state index in [1.807, 2.05) is 0 Å². The summed E-state index contributed by atoms with van der Waals surface area (Å²) in [6.45, 7) is 3.71. The van der Waals surface area contributed by atoms with Gasteiger partial charge in [0.15, 0.2) is 0 Å². The zero-order valence-electron chi connectivity index (χ0n) is 12.4. The number of ether oxygens (including phenoxy) is 1. The van der Waals surface area contributed by atoms with Crippen molar-refractivity contribution in [1.29, 1.82) is 0 Å². The van der Waals surface area contributed by atoms with Crippen molar-refractivity contribution in [3.05, 3.63) is 18.2 Å². The molecule has 1 aromatic carbocycles. The zero-order chi connectivity index (χ0) is 15.5. The van der Waals surface area contributed by atoms with Crippen molar-refractivity contribution < 1.29 is 13.2 Å². The summed E-state index contributed by atoms with van der Waals surface area (Å²) in [5.41, 5.74) is 7.17. The van der Waals surface area contributed by atoms with Gasteiger partial charge in [-0.25, -0.2) is 13.1 Å². The molecule has 1 saturated heterocycles. The number of anilines is 2. The van der Waals surface area contributed by atoms with Crippen molar-refractivity contribution in [3.8, 4) is 0 Å². The Morgan fingerprint density at radius 1 is 1.33 bits per heavy atom. The third kappa shape index (κ3) is 3.87. The first-order valence-corrected chi connectivity index (χ1v) is 8.59. The lowest BCUT2D eigenvalue weighted by atomic mass is 9.93. The number of benzene rings is 1. The summed E-state index contributed by atoms with van der Waals surface area (Å²) in [7, 11) is -2.08. The van der Waals surface area contributed by atoms with Gasteiger partial charge in [0.25, 0.3) is 0 Å². The fourth-order valence-corrected chi connectivity index (χ4v) is 3.30. The summed E-state index contributed by atoms with van der Waals surface area (Å²) >= 11 is 0. The molecule has 21 heavy (non-hydrogen) atoms. The zero-order valence-corrected chi connectivity index (χ0v) is 13.2. The van der Waals surface area contributed by atoms with E-state index in [-0.39, 0.29) is 10.9 Å². The van der Waals surface area contributed by atoms with Crippen LogP contribution in [0.25, 0.3) is 0 Å².